The van der Waals surface area contributed by atoms with Gasteiger partial charge >= 0.3 is 12.2 Å². The molecule has 2 amide bonds. The molecule has 0 fully saturated rings. The van der Waals surface area contributed by atoms with E-state index >= 15 is 0 Å². The molecule has 1 aromatic heterocycles. The highest BCUT2D eigenvalue weighted by Gasteiger charge is 2.35. The molecule has 0 saturated heterocycles. The zero-order valence-electron chi connectivity index (χ0n) is 16.8. The molecular formula is C19H21ClFN5O4. The molecule has 1 unspecified atom stereocenters. The lowest BCUT2D eigenvalue weighted by atomic mass is 9.90. The number of aromatic nitrogens is 2. The Balaban J connectivity index is 2.54. The first-order valence-corrected chi connectivity index (χ1v) is 9.15. The van der Waals surface area contributed by atoms with Crippen molar-refractivity contribution in [3.8, 4) is 6.07 Å². The molecule has 160 valence electrons. The van der Waals surface area contributed by atoms with Crippen molar-refractivity contribution in [2.24, 2.45) is 0 Å². The number of ether oxygens (including phenoxy) is 1. The molecule has 9 nitrogen and oxygen atoms in total. The van der Waals surface area contributed by atoms with Gasteiger partial charge in [-0.1, -0.05) is 11.6 Å². The Morgan fingerprint density at radius 2 is 2.03 bits per heavy atom. The maximum Gasteiger partial charge on any atom is 0.409 e. The van der Waals surface area contributed by atoms with Gasteiger partial charge in [-0.3, -0.25) is 5.32 Å². The minimum atomic E-state index is -1.46. The Labute approximate surface area is 177 Å². The topological polar surface area (TPSA) is 129 Å². The van der Waals surface area contributed by atoms with Gasteiger partial charge in [0.25, 0.3) is 0 Å². The number of benzene rings is 1. The van der Waals surface area contributed by atoms with E-state index in [4.69, 9.17) is 21.4 Å². The monoisotopic (exact) mass is 437 g/mol. The van der Waals surface area contributed by atoms with E-state index in [1.165, 1.54) is 29.8 Å². The molecule has 1 heterocycles. The van der Waals surface area contributed by atoms with Crippen molar-refractivity contribution in [3.05, 3.63) is 46.8 Å². The van der Waals surface area contributed by atoms with E-state index < -0.39 is 29.1 Å². The van der Waals surface area contributed by atoms with Gasteiger partial charge in [-0.25, -0.2) is 19.0 Å². The predicted octanol–water partition coefficient (Wildman–Crippen LogP) is 4.08. The predicted molar refractivity (Wildman–Crippen MR) is 107 cm³/mol. The highest BCUT2D eigenvalue weighted by atomic mass is 35.5. The number of amides is 2. The van der Waals surface area contributed by atoms with Crippen LogP contribution >= 0.6 is 11.6 Å². The number of nitriles is 1. The Kier molecular flexibility index (Phi) is 6.57. The van der Waals surface area contributed by atoms with E-state index in [1.54, 1.807) is 20.8 Å². The molecule has 2 rings (SSSR count). The van der Waals surface area contributed by atoms with Crippen molar-refractivity contribution >= 4 is 29.5 Å². The second-order valence-corrected chi connectivity index (χ2v) is 8.10. The van der Waals surface area contributed by atoms with Crippen molar-refractivity contribution < 1.29 is 23.8 Å². The van der Waals surface area contributed by atoms with Crippen LogP contribution in [0, 0.1) is 17.1 Å². The number of alkyl carbamates (subject to hydrolysis) is 1. The Bertz CT molecular complexity index is 1010. The molecule has 0 bridgehead atoms. The van der Waals surface area contributed by atoms with Crippen molar-refractivity contribution in [1.29, 1.82) is 5.26 Å². The maximum absolute atomic E-state index is 14.8. The maximum atomic E-state index is 14.8. The van der Waals surface area contributed by atoms with Crippen LogP contribution in [0.15, 0.2) is 24.4 Å². The average Bonchev–Trinajstić information content (AvgIpc) is 2.93. The van der Waals surface area contributed by atoms with Gasteiger partial charge < -0.3 is 19.7 Å². The largest absolute Gasteiger partial charge is 0.465 e. The summed E-state index contributed by atoms with van der Waals surface area (Å²) in [5.41, 5.74) is -2.21. The number of hydrogen-bond donors (Lipinski definition) is 3. The minimum Gasteiger partial charge on any atom is -0.465 e. The summed E-state index contributed by atoms with van der Waals surface area (Å²) in [7, 11) is 0. The minimum absolute atomic E-state index is 0.0340. The number of nitrogens with one attached hydrogen (secondary N) is 2. The molecular weight excluding hydrogens is 417 g/mol. The van der Waals surface area contributed by atoms with Crippen molar-refractivity contribution in [2.75, 3.05) is 5.32 Å². The van der Waals surface area contributed by atoms with E-state index in [0.717, 1.165) is 6.07 Å². The molecule has 30 heavy (non-hydrogen) atoms. The molecule has 1 aromatic carbocycles. The van der Waals surface area contributed by atoms with E-state index in [2.05, 4.69) is 15.6 Å². The van der Waals surface area contributed by atoms with Crippen LogP contribution in [0.4, 0.5) is 19.7 Å². The Hall–Kier alpha value is -3.32. The molecule has 1 atom stereocenters. The van der Waals surface area contributed by atoms with Gasteiger partial charge in [0, 0.05) is 17.4 Å². The molecule has 0 radical (unpaired) electrons. The number of halogens is 2. The summed E-state index contributed by atoms with van der Waals surface area (Å²) in [6, 6.07) is 5.45. The highest BCUT2D eigenvalue weighted by molar-refractivity contribution is 6.29. The van der Waals surface area contributed by atoms with Crippen LogP contribution in [0.5, 0.6) is 0 Å². The van der Waals surface area contributed by atoms with Gasteiger partial charge in [0.1, 0.15) is 22.6 Å². The van der Waals surface area contributed by atoms with Gasteiger partial charge in [0.05, 0.1) is 12.1 Å². The molecule has 0 aliphatic carbocycles. The number of hydrogen-bond acceptors (Lipinski definition) is 5. The fraction of sp³-hybridized carbons (Fsp3) is 0.368. The number of anilines is 1. The summed E-state index contributed by atoms with van der Waals surface area (Å²) in [5.74, 6) is -0.744. The van der Waals surface area contributed by atoms with Crippen LogP contribution < -0.4 is 10.6 Å². The number of carboxylic acid groups (broad SMARTS) is 1. The zero-order chi connectivity index (χ0) is 22.7. The van der Waals surface area contributed by atoms with Crippen LogP contribution in [0.25, 0.3) is 0 Å². The lowest BCUT2D eigenvalue weighted by Crippen LogP contribution is -2.49. The summed E-state index contributed by atoms with van der Waals surface area (Å²) in [6.07, 6.45) is -0.792. The molecule has 11 heteroatoms. The normalized spacial score (nSPS) is 13.1. The molecule has 0 aliphatic rings. The van der Waals surface area contributed by atoms with Gasteiger partial charge in [-0.15, -0.1) is 0 Å². The van der Waals surface area contributed by atoms with Crippen molar-refractivity contribution in [1.82, 2.24) is 14.9 Å². The number of imidazole rings is 1. The van der Waals surface area contributed by atoms with Gasteiger partial charge in [0.15, 0.2) is 0 Å². The molecule has 2 aromatic rings. The van der Waals surface area contributed by atoms with E-state index in [-0.39, 0.29) is 28.8 Å². The lowest BCUT2D eigenvalue weighted by molar-refractivity contribution is 0.0448. The molecule has 0 spiro atoms. The third-order valence-corrected chi connectivity index (χ3v) is 4.10. The second-order valence-electron chi connectivity index (χ2n) is 7.71. The highest BCUT2D eigenvalue weighted by Crippen LogP contribution is 2.30. The SMILES string of the molecule is CC(C)(C)OC(=O)NC(C)(Cn1cc(Cl)nc1C#N)c1cc(NC(=O)O)ccc1F. The molecule has 3 N–H and O–H groups in total. The molecule has 0 saturated carbocycles. The summed E-state index contributed by atoms with van der Waals surface area (Å²) in [6.45, 7) is 6.39. The summed E-state index contributed by atoms with van der Waals surface area (Å²) in [4.78, 5) is 27.3. The standard InChI is InChI=1S/C19H21ClFN5O4/c1-18(2,3)30-17(29)25-19(4,10-26-9-14(20)24-15(26)8-22)12-7-11(23-16(27)28)5-6-13(12)21/h5-7,9,23H,10H2,1-4H3,(H,25,29)(H,27,28). The zero-order valence-corrected chi connectivity index (χ0v) is 17.5. The van der Waals surface area contributed by atoms with Crippen molar-refractivity contribution in [3.63, 3.8) is 0 Å². The third-order valence-electron chi connectivity index (χ3n) is 3.92. The van der Waals surface area contributed by atoms with Crippen LogP contribution in [0.2, 0.25) is 5.15 Å². The first kappa shape index (κ1) is 23.0. The number of carbonyl (C=O) groups excluding carboxylic acids is 1. The first-order valence-electron chi connectivity index (χ1n) is 8.77. The lowest BCUT2D eigenvalue weighted by Gasteiger charge is -2.33. The van der Waals surface area contributed by atoms with Crippen LogP contribution in [-0.4, -0.2) is 32.4 Å². The number of nitrogens with zero attached hydrogens (tertiary/aromatic N) is 3. The Morgan fingerprint density at radius 1 is 1.37 bits per heavy atom. The van der Waals surface area contributed by atoms with Gasteiger partial charge in [-0.05, 0) is 45.9 Å². The van der Waals surface area contributed by atoms with Crippen molar-refractivity contribution in [2.45, 2.75) is 45.4 Å². The van der Waals surface area contributed by atoms with Crippen LogP contribution in [-0.2, 0) is 16.8 Å². The molecule has 0 aliphatic heterocycles. The van der Waals surface area contributed by atoms with Crippen LogP contribution in [0.1, 0.15) is 39.1 Å². The fourth-order valence-corrected chi connectivity index (χ4v) is 3.00. The smallest absolute Gasteiger partial charge is 0.409 e. The fourth-order valence-electron chi connectivity index (χ4n) is 2.80. The second kappa shape index (κ2) is 8.59. The Morgan fingerprint density at radius 3 is 2.60 bits per heavy atom. The third kappa shape index (κ3) is 5.84. The number of rotatable bonds is 5. The van der Waals surface area contributed by atoms with Gasteiger partial charge in [0.2, 0.25) is 5.82 Å². The van der Waals surface area contributed by atoms with E-state index in [9.17, 15) is 19.2 Å². The summed E-state index contributed by atoms with van der Waals surface area (Å²) >= 11 is 5.88. The first-order chi connectivity index (χ1) is 13.8. The van der Waals surface area contributed by atoms with Crippen LogP contribution in [0.3, 0.4) is 0 Å². The number of carbonyl (C=O) groups is 2. The summed E-state index contributed by atoms with van der Waals surface area (Å²) < 4.78 is 21.4. The van der Waals surface area contributed by atoms with E-state index in [0.29, 0.717) is 0 Å². The quantitative estimate of drug-likeness (QED) is 0.646. The summed E-state index contributed by atoms with van der Waals surface area (Å²) in [5, 5.41) is 23.0. The van der Waals surface area contributed by atoms with Gasteiger partial charge in [-0.2, -0.15) is 5.26 Å². The average molecular weight is 438 g/mol. The van der Waals surface area contributed by atoms with E-state index in [1.807, 2.05) is 6.07 Å².